The normalized spacial score (nSPS) is 11.8. The number of aryl methyl sites for hydroxylation is 2. The molecule has 0 amide bonds. The van der Waals surface area contributed by atoms with E-state index in [-0.39, 0.29) is 0 Å². The molecule has 1 aromatic heterocycles. The molecule has 0 N–H and O–H groups in total. The molecule has 12 heavy (non-hydrogen) atoms. The van der Waals surface area contributed by atoms with Crippen molar-refractivity contribution in [3.63, 3.8) is 0 Å². The van der Waals surface area contributed by atoms with E-state index >= 15 is 0 Å². The van der Waals surface area contributed by atoms with Crippen LogP contribution in [0.15, 0.2) is 23.8 Å². The predicted molar refractivity (Wildman–Crippen MR) is 51.8 cm³/mol. The van der Waals surface area contributed by atoms with Gasteiger partial charge in [-0.25, -0.2) is 0 Å². The molecule has 64 valence electrons. The lowest BCUT2D eigenvalue weighted by Crippen LogP contribution is -2.19. The van der Waals surface area contributed by atoms with Crippen molar-refractivity contribution in [2.24, 2.45) is 4.99 Å². The van der Waals surface area contributed by atoms with Crippen LogP contribution in [0.1, 0.15) is 11.1 Å². The van der Waals surface area contributed by atoms with Gasteiger partial charge in [-0.05, 0) is 25.0 Å². The zero-order valence-corrected chi connectivity index (χ0v) is 7.83. The Morgan fingerprint density at radius 2 is 2.17 bits per heavy atom. The monoisotopic (exact) mass is 162 g/mol. The second-order valence-corrected chi connectivity index (χ2v) is 2.84. The van der Waals surface area contributed by atoms with Gasteiger partial charge >= 0.3 is 0 Å². The molecular formula is C10H14N2. The van der Waals surface area contributed by atoms with Crippen molar-refractivity contribution in [2.45, 2.75) is 13.8 Å². The van der Waals surface area contributed by atoms with Gasteiger partial charge in [0.25, 0.3) is 0 Å². The molecule has 1 aromatic rings. The molecule has 0 saturated carbocycles. The molecule has 0 atom stereocenters. The summed E-state index contributed by atoms with van der Waals surface area (Å²) in [6.07, 6.45) is 3.78. The second-order valence-electron chi connectivity index (χ2n) is 2.84. The minimum atomic E-state index is 0.968. The SMILES string of the molecule is C=Cn1cc(C)cc(C)c1=NC. The van der Waals surface area contributed by atoms with Crippen LogP contribution in [-0.4, -0.2) is 11.6 Å². The van der Waals surface area contributed by atoms with Crippen LogP contribution in [0.2, 0.25) is 0 Å². The maximum absolute atomic E-state index is 4.17. The van der Waals surface area contributed by atoms with Gasteiger partial charge in [0.15, 0.2) is 0 Å². The summed E-state index contributed by atoms with van der Waals surface area (Å²) in [6, 6.07) is 2.11. The number of aromatic nitrogens is 1. The smallest absolute Gasteiger partial charge is 0.134 e. The Labute approximate surface area is 72.9 Å². The number of rotatable bonds is 1. The molecule has 0 bridgehead atoms. The van der Waals surface area contributed by atoms with Crippen LogP contribution in [0.4, 0.5) is 0 Å². The van der Waals surface area contributed by atoms with Gasteiger partial charge in [0.05, 0.1) is 0 Å². The number of pyridine rings is 1. The van der Waals surface area contributed by atoms with E-state index in [0.29, 0.717) is 0 Å². The minimum absolute atomic E-state index is 0.968. The van der Waals surface area contributed by atoms with E-state index in [1.54, 1.807) is 13.2 Å². The third-order valence-corrected chi connectivity index (χ3v) is 1.79. The first-order chi connectivity index (χ1) is 5.69. The first kappa shape index (κ1) is 8.78. The first-order valence-corrected chi connectivity index (χ1v) is 3.94. The van der Waals surface area contributed by atoms with Crippen molar-refractivity contribution >= 4 is 6.20 Å². The van der Waals surface area contributed by atoms with Crippen molar-refractivity contribution in [3.8, 4) is 0 Å². The lowest BCUT2D eigenvalue weighted by Gasteiger charge is -2.04. The van der Waals surface area contributed by atoms with Crippen molar-refractivity contribution in [2.75, 3.05) is 7.05 Å². The fraction of sp³-hybridized carbons (Fsp3) is 0.300. The predicted octanol–water partition coefficient (Wildman–Crippen LogP) is 1.74. The first-order valence-electron chi connectivity index (χ1n) is 3.94. The highest BCUT2D eigenvalue weighted by Crippen LogP contribution is 1.97. The zero-order valence-electron chi connectivity index (χ0n) is 7.83. The quantitative estimate of drug-likeness (QED) is 0.598. The van der Waals surface area contributed by atoms with E-state index in [2.05, 4.69) is 31.5 Å². The Balaban J connectivity index is 3.56. The minimum Gasteiger partial charge on any atom is -0.309 e. The molecule has 0 aromatic carbocycles. The van der Waals surface area contributed by atoms with E-state index in [9.17, 15) is 0 Å². The summed E-state index contributed by atoms with van der Waals surface area (Å²) >= 11 is 0. The summed E-state index contributed by atoms with van der Waals surface area (Å²) in [4.78, 5) is 4.17. The molecule has 2 nitrogen and oxygen atoms in total. The number of hydrogen-bond donors (Lipinski definition) is 0. The van der Waals surface area contributed by atoms with E-state index in [1.165, 1.54) is 11.1 Å². The van der Waals surface area contributed by atoms with Crippen LogP contribution < -0.4 is 5.49 Å². The van der Waals surface area contributed by atoms with E-state index in [0.717, 1.165) is 5.49 Å². The van der Waals surface area contributed by atoms with Crippen LogP contribution in [0.3, 0.4) is 0 Å². The standard InChI is InChI=1S/C10H14N2/c1-5-12-7-8(2)6-9(3)10(12)11-4/h5-7H,1H2,2-4H3. The molecule has 2 heteroatoms. The molecular weight excluding hydrogens is 148 g/mol. The van der Waals surface area contributed by atoms with Gasteiger partial charge in [-0.2, -0.15) is 0 Å². The fourth-order valence-corrected chi connectivity index (χ4v) is 1.36. The van der Waals surface area contributed by atoms with Crippen LogP contribution in [0, 0.1) is 13.8 Å². The Morgan fingerprint density at radius 1 is 1.50 bits per heavy atom. The fourth-order valence-electron chi connectivity index (χ4n) is 1.36. The summed E-state index contributed by atoms with van der Waals surface area (Å²) in [5.41, 5.74) is 3.37. The van der Waals surface area contributed by atoms with Crippen LogP contribution in [-0.2, 0) is 0 Å². The zero-order chi connectivity index (χ0) is 9.14. The van der Waals surface area contributed by atoms with E-state index in [1.807, 2.05) is 10.8 Å². The van der Waals surface area contributed by atoms with Gasteiger partial charge in [0.1, 0.15) is 5.49 Å². The Bertz CT molecular complexity index is 359. The lowest BCUT2D eigenvalue weighted by molar-refractivity contribution is 0.955. The number of nitrogens with zero attached hydrogens (tertiary/aromatic N) is 2. The Morgan fingerprint density at radius 3 is 2.67 bits per heavy atom. The molecule has 1 rings (SSSR count). The second kappa shape index (κ2) is 3.39. The lowest BCUT2D eigenvalue weighted by atomic mass is 10.2. The van der Waals surface area contributed by atoms with E-state index in [4.69, 9.17) is 0 Å². The van der Waals surface area contributed by atoms with Gasteiger partial charge in [-0.3, -0.25) is 4.99 Å². The van der Waals surface area contributed by atoms with Crippen molar-refractivity contribution in [1.29, 1.82) is 0 Å². The van der Waals surface area contributed by atoms with E-state index < -0.39 is 0 Å². The summed E-state index contributed by atoms with van der Waals surface area (Å²) in [5, 5.41) is 0. The largest absolute Gasteiger partial charge is 0.309 e. The third kappa shape index (κ3) is 1.47. The maximum atomic E-state index is 4.17. The molecule has 0 aliphatic heterocycles. The van der Waals surface area contributed by atoms with Gasteiger partial charge in [0, 0.05) is 19.4 Å². The highest BCUT2D eigenvalue weighted by molar-refractivity contribution is 5.25. The Hall–Kier alpha value is -1.31. The highest BCUT2D eigenvalue weighted by atomic mass is 15.0. The summed E-state index contributed by atoms with van der Waals surface area (Å²) < 4.78 is 1.94. The molecule has 0 saturated heterocycles. The van der Waals surface area contributed by atoms with Crippen LogP contribution in [0.25, 0.3) is 6.20 Å². The van der Waals surface area contributed by atoms with Crippen molar-refractivity contribution in [3.05, 3.63) is 35.5 Å². The van der Waals surface area contributed by atoms with Gasteiger partial charge in [-0.1, -0.05) is 12.6 Å². The van der Waals surface area contributed by atoms with Crippen molar-refractivity contribution in [1.82, 2.24) is 4.57 Å². The summed E-state index contributed by atoms with van der Waals surface area (Å²) in [6.45, 7) is 7.84. The Kier molecular flexibility index (Phi) is 2.48. The molecule has 0 aliphatic rings. The molecule has 0 fully saturated rings. The highest BCUT2D eigenvalue weighted by Gasteiger charge is 1.94. The average molecular weight is 162 g/mol. The average Bonchev–Trinajstić information content (AvgIpc) is 2.03. The van der Waals surface area contributed by atoms with Crippen LogP contribution in [0.5, 0.6) is 0 Å². The van der Waals surface area contributed by atoms with Gasteiger partial charge < -0.3 is 4.57 Å². The topological polar surface area (TPSA) is 17.3 Å². The van der Waals surface area contributed by atoms with Crippen LogP contribution >= 0.6 is 0 Å². The molecule has 1 heterocycles. The maximum Gasteiger partial charge on any atom is 0.134 e. The molecule has 0 spiro atoms. The van der Waals surface area contributed by atoms with Gasteiger partial charge in [-0.15, -0.1) is 0 Å². The summed E-state index contributed by atoms with van der Waals surface area (Å²) in [5.74, 6) is 0. The molecule has 0 aliphatic carbocycles. The third-order valence-electron chi connectivity index (χ3n) is 1.79. The number of hydrogen-bond acceptors (Lipinski definition) is 1. The molecule has 0 radical (unpaired) electrons. The summed E-state index contributed by atoms with van der Waals surface area (Å²) in [7, 11) is 1.79. The van der Waals surface area contributed by atoms with Crippen molar-refractivity contribution < 1.29 is 0 Å². The molecule has 0 unspecified atom stereocenters. The van der Waals surface area contributed by atoms with Gasteiger partial charge in [0.2, 0.25) is 0 Å².